The molecule has 0 radical (unpaired) electrons. The molecule has 0 rings (SSSR count). The summed E-state index contributed by atoms with van der Waals surface area (Å²) < 4.78 is 0. The van der Waals surface area contributed by atoms with E-state index in [4.69, 9.17) is 5.11 Å². The summed E-state index contributed by atoms with van der Waals surface area (Å²) in [5, 5.41) is 18.1. The number of hydrogen-bond donors (Lipinski definition) is 2. The second kappa shape index (κ2) is 16.8. The Kier molecular flexibility index (Phi) is 15.7. The Morgan fingerprint density at radius 1 is 1.00 bits per heavy atom. The predicted octanol–water partition coefficient (Wildman–Crippen LogP) is 4.86. The quantitative estimate of drug-likeness (QED) is 0.289. The van der Waals surface area contributed by atoms with Crippen molar-refractivity contribution in [1.82, 2.24) is 0 Å². The van der Waals surface area contributed by atoms with Crippen molar-refractivity contribution in [3.05, 3.63) is 24.3 Å². The second-order valence-electron chi connectivity index (χ2n) is 5.74. The van der Waals surface area contributed by atoms with Crippen molar-refractivity contribution < 1.29 is 15.0 Å². The minimum absolute atomic E-state index is 0.253. The van der Waals surface area contributed by atoms with Gasteiger partial charge in [-0.05, 0) is 57.4 Å². The van der Waals surface area contributed by atoms with Gasteiger partial charge in [0.15, 0.2) is 0 Å². The highest BCUT2D eigenvalue weighted by Crippen LogP contribution is 2.04. The highest BCUT2D eigenvalue weighted by molar-refractivity contribution is 5.66. The predicted molar refractivity (Wildman–Crippen MR) is 96.2 cm³/mol. The van der Waals surface area contributed by atoms with Gasteiger partial charge < -0.3 is 10.2 Å². The number of carboxylic acids is 1. The molecule has 2 N–H and O–H groups in total. The third kappa shape index (κ3) is 18.4. The molecule has 23 heavy (non-hydrogen) atoms. The van der Waals surface area contributed by atoms with E-state index in [1.165, 1.54) is 0 Å². The maximum absolute atomic E-state index is 10.3. The average molecular weight is 320 g/mol. The van der Waals surface area contributed by atoms with Gasteiger partial charge in [-0.1, -0.05) is 49.8 Å². The lowest BCUT2D eigenvalue weighted by Gasteiger charge is -2.00. The molecule has 3 heteroatoms. The number of aliphatic carboxylic acids is 1. The molecule has 0 aliphatic carbocycles. The molecule has 0 bridgehead atoms. The Morgan fingerprint density at radius 2 is 1.65 bits per heavy atom. The van der Waals surface area contributed by atoms with Gasteiger partial charge in [-0.2, -0.15) is 0 Å². The molecule has 0 aromatic rings. The maximum atomic E-state index is 10.3. The van der Waals surface area contributed by atoms with Crippen LogP contribution in [0.25, 0.3) is 0 Å². The first-order valence-corrected chi connectivity index (χ1v) is 8.87. The second-order valence-corrected chi connectivity index (χ2v) is 5.74. The minimum atomic E-state index is -0.721. The van der Waals surface area contributed by atoms with Gasteiger partial charge in [0.1, 0.15) is 6.10 Å². The zero-order valence-corrected chi connectivity index (χ0v) is 14.5. The SMILES string of the molecule is CCCCC[C@@H](O)C#CC=CCCCCC=CCCCC(=O)O. The molecule has 0 aliphatic heterocycles. The molecule has 0 saturated heterocycles. The van der Waals surface area contributed by atoms with E-state index in [1.807, 2.05) is 6.08 Å². The van der Waals surface area contributed by atoms with Crippen molar-refractivity contribution >= 4 is 5.97 Å². The van der Waals surface area contributed by atoms with Gasteiger partial charge in [-0.25, -0.2) is 0 Å². The summed E-state index contributed by atoms with van der Waals surface area (Å²) in [6, 6.07) is 0. The molecule has 0 fully saturated rings. The van der Waals surface area contributed by atoms with Gasteiger partial charge in [-0.15, -0.1) is 0 Å². The lowest BCUT2D eigenvalue weighted by atomic mass is 10.1. The molecule has 0 saturated carbocycles. The summed E-state index contributed by atoms with van der Waals surface area (Å²) in [7, 11) is 0. The molecule has 0 aromatic carbocycles. The van der Waals surface area contributed by atoms with Gasteiger partial charge in [0.05, 0.1) is 0 Å². The zero-order valence-electron chi connectivity index (χ0n) is 14.5. The lowest BCUT2D eigenvalue weighted by Crippen LogP contribution is -2.01. The van der Waals surface area contributed by atoms with Gasteiger partial charge in [-0.3, -0.25) is 4.79 Å². The number of unbranched alkanes of at least 4 members (excludes halogenated alkanes) is 6. The van der Waals surface area contributed by atoms with Gasteiger partial charge >= 0.3 is 5.97 Å². The number of carbonyl (C=O) groups is 1. The first kappa shape index (κ1) is 21.5. The molecule has 0 heterocycles. The van der Waals surface area contributed by atoms with E-state index in [1.54, 1.807) is 0 Å². The van der Waals surface area contributed by atoms with Crippen LogP contribution in [-0.4, -0.2) is 22.3 Å². The van der Waals surface area contributed by atoms with Crippen molar-refractivity contribution in [3.63, 3.8) is 0 Å². The van der Waals surface area contributed by atoms with Gasteiger partial charge in [0.25, 0.3) is 0 Å². The van der Waals surface area contributed by atoms with Crippen LogP contribution in [0.4, 0.5) is 0 Å². The molecule has 0 amide bonds. The van der Waals surface area contributed by atoms with E-state index < -0.39 is 12.1 Å². The first-order valence-electron chi connectivity index (χ1n) is 8.87. The van der Waals surface area contributed by atoms with E-state index >= 15 is 0 Å². The number of carboxylic acid groups (broad SMARTS) is 1. The standard InChI is InChI=1S/C20H32O3/c1-2-3-13-16-19(21)17-14-11-9-7-5-4-6-8-10-12-15-18-20(22)23/h8-11,19,21H,2-7,12-13,15-16,18H2,1H3,(H,22,23)/t19-/m1/s1. The van der Waals surface area contributed by atoms with Crippen molar-refractivity contribution in [2.24, 2.45) is 0 Å². The highest BCUT2D eigenvalue weighted by Gasteiger charge is 1.96. The normalized spacial score (nSPS) is 12.4. The van der Waals surface area contributed by atoms with Crippen LogP contribution in [0.1, 0.15) is 77.6 Å². The van der Waals surface area contributed by atoms with Crippen LogP contribution >= 0.6 is 0 Å². The first-order chi connectivity index (χ1) is 11.2. The van der Waals surface area contributed by atoms with Gasteiger partial charge in [0.2, 0.25) is 0 Å². The fourth-order valence-electron chi connectivity index (χ4n) is 2.08. The van der Waals surface area contributed by atoms with Crippen LogP contribution in [0.3, 0.4) is 0 Å². The van der Waals surface area contributed by atoms with Crippen molar-refractivity contribution in [2.75, 3.05) is 0 Å². The molecule has 0 aromatic heterocycles. The fraction of sp³-hybridized carbons (Fsp3) is 0.650. The molecule has 1 atom stereocenters. The largest absolute Gasteiger partial charge is 0.481 e. The maximum Gasteiger partial charge on any atom is 0.303 e. The van der Waals surface area contributed by atoms with Crippen LogP contribution in [0, 0.1) is 11.8 Å². The summed E-state index contributed by atoms with van der Waals surface area (Å²) in [5.41, 5.74) is 0. The molecule has 3 nitrogen and oxygen atoms in total. The fourth-order valence-corrected chi connectivity index (χ4v) is 2.08. The molecule has 0 unspecified atom stereocenters. The summed E-state index contributed by atoms with van der Waals surface area (Å²) in [6.45, 7) is 2.15. The van der Waals surface area contributed by atoms with Gasteiger partial charge in [0, 0.05) is 6.42 Å². The zero-order chi connectivity index (χ0) is 17.2. The molecule has 130 valence electrons. The van der Waals surface area contributed by atoms with E-state index in [0.29, 0.717) is 0 Å². The van der Waals surface area contributed by atoms with E-state index in [9.17, 15) is 9.90 Å². The van der Waals surface area contributed by atoms with Crippen LogP contribution in [0.5, 0.6) is 0 Å². The Hall–Kier alpha value is -1.53. The van der Waals surface area contributed by atoms with E-state index in [2.05, 4.69) is 37.0 Å². The third-order valence-corrected chi connectivity index (χ3v) is 3.45. The molecule has 0 spiro atoms. The molecular formula is C20H32O3. The Balaban J connectivity index is 3.47. The van der Waals surface area contributed by atoms with E-state index in [-0.39, 0.29) is 6.42 Å². The van der Waals surface area contributed by atoms with Crippen LogP contribution in [0.15, 0.2) is 24.3 Å². The Bertz CT molecular complexity index is 399. The minimum Gasteiger partial charge on any atom is -0.481 e. The number of aliphatic hydroxyl groups excluding tert-OH is 1. The van der Waals surface area contributed by atoms with Crippen molar-refractivity contribution in [2.45, 2.75) is 83.7 Å². The van der Waals surface area contributed by atoms with Crippen molar-refractivity contribution in [1.29, 1.82) is 0 Å². The molecule has 0 aliphatic rings. The van der Waals surface area contributed by atoms with Crippen LogP contribution < -0.4 is 0 Å². The number of rotatable bonds is 13. The van der Waals surface area contributed by atoms with E-state index in [0.717, 1.165) is 64.2 Å². The Morgan fingerprint density at radius 3 is 2.30 bits per heavy atom. The highest BCUT2D eigenvalue weighted by atomic mass is 16.4. The summed E-state index contributed by atoms with van der Waals surface area (Å²) in [5.74, 6) is 5.03. The smallest absolute Gasteiger partial charge is 0.303 e. The molecular weight excluding hydrogens is 288 g/mol. The summed E-state index contributed by atoms with van der Waals surface area (Å²) >= 11 is 0. The number of aliphatic hydroxyl groups is 1. The summed E-state index contributed by atoms with van der Waals surface area (Å²) in [6.07, 6.45) is 17.9. The van der Waals surface area contributed by atoms with Crippen LogP contribution in [0.2, 0.25) is 0 Å². The summed E-state index contributed by atoms with van der Waals surface area (Å²) in [4.78, 5) is 10.3. The number of allylic oxidation sites excluding steroid dienone is 4. The number of hydrogen-bond acceptors (Lipinski definition) is 2. The lowest BCUT2D eigenvalue weighted by molar-refractivity contribution is -0.137. The van der Waals surface area contributed by atoms with Crippen LogP contribution in [-0.2, 0) is 4.79 Å². The topological polar surface area (TPSA) is 57.5 Å². The average Bonchev–Trinajstić information content (AvgIpc) is 2.51. The Labute approximate surface area is 141 Å². The monoisotopic (exact) mass is 320 g/mol. The van der Waals surface area contributed by atoms with Crippen molar-refractivity contribution in [3.8, 4) is 11.8 Å². The third-order valence-electron chi connectivity index (χ3n) is 3.45.